The van der Waals surface area contributed by atoms with Gasteiger partial charge in [-0.3, -0.25) is 4.79 Å². The summed E-state index contributed by atoms with van der Waals surface area (Å²) in [4.78, 5) is 23.2. The second kappa shape index (κ2) is 7.61. The average molecular weight is 364 g/mol. The molecule has 0 spiro atoms. The fraction of sp³-hybridized carbons (Fsp3) is 0.125. The lowest BCUT2D eigenvalue weighted by Gasteiger charge is -2.05. The number of halogens is 1. The Morgan fingerprint density at radius 1 is 1.32 bits per heavy atom. The maximum absolute atomic E-state index is 11.7. The lowest BCUT2D eigenvalue weighted by Crippen LogP contribution is -2.20. The van der Waals surface area contributed by atoms with E-state index in [1.165, 1.54) is 12.2 Å². The van der Waals surface area contributed by atoms with Gasteiger partial charge in [0, 0.05) is 11.8 Å². The van der Waals surface area contributed by atoms with Crippen molar-refractivity contribution in [1.29, 1.82) is 0 Å². The summed E-state index contributed by atoms with van der Waals surface area (Å²) in [5.74, 6) is -0.506. The van der Waals surface area contributed by atoms with E-state index < -0.39 is 11.9 Å². The van der Waals surface area contributed by atoms with Crippen LogP contribution in [0.25, 0.3) is 6.08 Å². The predicted molar refractivity (Wildman–Crippen MR) is 86.2 cm³/mol. The number of hydrogen-bond acceptors (Lipinski definition) is 4. The van der Waals surface area contributed by atoms with Crippen LogP contribution in [0.2, 0.25) is 0 Å². The van der Waals surface area contributed by atoms with Crippen LogP contribution < -0.4 is 5.32 Å². The van der Waals surface area contributed by atoms with E-state index >= 15 is 0 Å². The fourth-order valence-electron chi connectivity index (χ4n) is 1.67. The van der Waals surface area contributed by atoms with Crippen LogP contribution >= 0.6 is 15.9 Å². The number of carbonyl (C=O) groups excluding carboxylic acids is 2. The molecule has 0 radical (unpaired) electrons. The Kier molecular flexibility index (Phi) is 5.55. The molecule has 2 aromatic rings. The number of rotatable bonds is 5. The van der Waals surface area contributed by atoms with Crippen molar-refractivity contribution in [2.24, 2.45) is 0 Å². The Morgan fingerprint density at radius 2 is 2.14 bits per heavy atom. The van der Waals surface area contributed by atoms with Crippen molar-refractivity contribution in [3.8, 4) is 0 Å². The summed E-state index contributed by atoms with van der Waals surface area (Å²) >= 11 is 3.16. The number of benzene rings is 1. The van der Waals surface area contributed by atoms with E-state index in [-0.39, 0.29) is 6.61 Å². The number of aryl methyl sites for hydroxylation is 1. The number of hydrogen-bond donors (Lipinski definition) is 1. The third kappa shape index (κ3) is 5.21. The van der Waals surface area contributed by atoms with Gasteiger partial charge in [-0.1, -0.05) is 12.1 Å². The van der Waals surface area contributed by atoms with Gasteiger partial charge >= 0.3 is 5.97 Å². The monoisotopic (exact) mass is 363 g/mol. The zero-order valence-corrected chi connectivity index (χ0v) is 13.4. The van der Waals surface area contributed by atoms with Gasteiger partial charge in [0.05, 0.1) is 0 Å². The normalized spacial score (nSPS) is 10.6. The lowest BCUT2D eigenvalue weighted by molar-refractivity contribution is -0.142. The molecule has 22 heavy (non-hydrogen) atoms. The number of esters is 1. The Labute approximate surface area is 136 Å². The standard InChI is InChI=1S/C16H14BrNO4/c1-11-3-2-4-12(9-11)18-15(19)10-21-16(20)8-6-13-5-7-14(17)22-13/h2-9H,10H2,1H3,(H,18,19). The number of nitrogens with one attached hydrogen (secondary N) is 1. The first kappa shape index (κ1) is 16.0. The highest BCUT2D eigenvalue weighted by Gasteiger charge is 2.06. The van der Waals surface area contributed by atoms with Gasteiger partial charge < -0.3 is 14.5 Å². The molecule has 1 heterocycles. The second-order valence-corrected chi connectivity index (χ2v) is 5.28. The zero-order chi connectivity index (χ0) is 15.9. The van der Waals surface area contributed by atoms with E-state index in [1.807, 2.05) is 25.1 Å². The summed E-state index contributed by atoms with van der Waals surface area (Å²) in [6, 6.07) is 10.8. The fourth-order valence-corrected chi connectivity index (χ4v) is 1.99. The molecule has 0 aliphatic carbocycles. The molecular formula is C16H14BrNO4. The van der Waals surface area contributed by atoms with Crippen LogP contribution in [0.15, 0.2) is 51.6 Å². The van der Waals surface area contributed by atoms with Crippen LogP contribution in [0.5, 0.6) is 0 Å². The molecule has 0 saturated heterocycles. The van der Waals surface area contributed by atoms with Crippen molar-refractivity contribution in [2.75, 3.05) is 11.9 Å². The molecule has 0 aliphatic heterocycles. The summed E-state index contributed by atoms with van der Waals surface area (Å²) in [5, 5.41) is 2.65. The number of ether oxygens (including phenoxy) is 1. The quantitative estimate of drug-likeness (QED) is 0.651. The maximum atomic E-state index is 11.7. The molecule has 1 aromatic carbocycles. The van der Waals surface area contributed by atoms with Crippen LogP contribution in [-0.2, 0) is 14.3 Å². The van der Waals surface area contributed by atoms with Gasteiger partial charge in [0.25, 0.3) is 5.91 Å². The molecule has 2 rings (SSSR count). The molecule has 6 heteroatoms. The molecule has 1 amide bonds. The highest BCUT2D eigenvalue weighted by Crippen LogP contribution is 2.15. The molecule has 0 fully saturated rings. The van der Waals surface area contributed by atoms with Crippen molar-refractivity contribution in [2.45, 2.75) is 6.92 Å². The SMILES string of the molecule is Cc1cccc(NC(=O)COC(=O)C=Cc2ccc(Br)o2)c1. The minimum absolute atomic E-state index is 0.348. The Morgan fingerprint density at radius 3 is 2.82 bits per heavy atom. The molecular weight excluding hydrogens is 350 g/mol. The van der Waals surface area contributed by atoms with Crippen molar-refractivity contribution in [1.82, 2.24) is 0 Å². The van der Waals surface area contributed by atoms with Gasteiger partial charge in [-0.05, 0) is 58.8 Å². The minimum atomic E-state index is -0.619. The molecule has 0 aliphatic rings. The van der Waals surface area contributed by atoms with Crippen LogP contribution in [0.3, 0.4) is 0 Å². The molecule has 5 nitrogen and oxygen atoms in total. The summed E-state index contributed by atoms with van der Waals surface area (Å²) in [6.45, 7) is 1.58. The highest BCUT2D eigenvalue weighted by molar-refractivity contribution is 9.10. The van der Waals surface area contributed by atoms with Crippen molar-refractivity contribution < 1.29 is 18.7 Å². The number of amides is 1. The zero-order valence-electron chi connectivity index (χ0n) is 11.8. The maximum Gasteiger partial charge on any atom is 0.331 e. The van der Waals surface area contributed by atoms with Crippen molar-refractivity contribution >= 4 is 39.6 Å². The van der Waals surface area contributed by atoms with Crippen LogP contribution in [-0.4, -0.2) is 18.5 Å². The lowest BCUT2D eigenvalue weighted by atomic mass is 10.2. The predicted octanol–water partition coefficient (Wildman–Crippen LogP) is 3.55. The average Bonchev–Trinajstić information content (AvgIpc) is 2.89. The van der Waals surface area contributed by atoms with Crippen molar-refractivity contribution in [3.05, 3.63) is 58.5 Å². The van der Waals surface area contributed by atoms with Crippen molar-refractivity contribution in [3.63, 3.8) is 0 Å². The third-order valence-corrected chi connectivity index (χ3v) is 3.05. The summed E-state index contributed by atoms with van der Waals surface area (Å²) in [5.41, 5.74) is 1.69. The van der Waals surface area contributed by atoms with Gasteiger partial charge in [-0.25, -0.2) is 4.79 Å². The molecule has 0 bridgehead atoms. The van der Waals surface area contributed by atoms with E-state index in [9.17, 15) is 9.59 Å². The number of furan rings is 1. The first-order valence-corrected chi connectivity index (χ1v) is 7.29. The molecule has 0 unspecified atom stereocenters. The molecule has 0 atom stereocenters. The molecule has 1 aromatic heterocycles. The third-order valence-electron chi connectivity index (χ3n) is 2.63. The van der Waals surface area contributed by atoms with E-state index in [1.54, 1.807) is 18.2 Å². The topological polar surface area (TPSA) is 68.5 Å². The van der Waals surface area contributed by atoms with Gasteiger partial charge in [0.2, 0.25) is 0 Å². The molecule has 1 N–H and O–H groups in total. The largest absolute Gasteiger partial charge is 0.452 e. The Balaban J connectivity index is 1.78. The summed E-state index contributed by atoms with van der Waals surface area (Å²) < 4.78 is 10.6. The van der Waals surface area contributed by atoms with E-state index in [4.69, 9.17) is 9.15 Å². The number of carbonyl (C=O) groups is 2. The minimum Gasteiger partial charge on any atom is -0.452 e. The van der Waals surface area contributed by atoms with Gasteiger partial charge in [-0.2, -0.15) is 0 Å². The first-order valence-electron chi connectivity index (χ1n) is 6.49. The van der Waals surface area contributed by atoms with Gasteiger partial charge in [0.1, 0.15) is 5.76 Å². The molecule has 114 valence electrons. The second-order valence-electron chi connectivity index (χ2n) is 4.50. The number of anilines is 1. The van der Waals surface area contributed by atoms with Gasteiger partial charge in [0.15, 0.2) is 11.3 Å². The van der Waals surface area contributed by atoms with E-state index in [2.05, 4.69) is 21.2 Å². The Bertz CT molecular complexity index is 706. The van der Waals surface area contributed by atoms with Gasteiger partial charge in [-0.15, -0.1) is 0 Å². The highest BCUT2D eigenvalue weighted by atomic mass is 79.9. The van der Waals surface area contributed by atoms with Crippen LogP contribution in [0.1, 0.15) is 11.3 Å². The van der Waals surface area contributed by atoms with Crippen LogP contribution in [0, 0.1) is 6.92 Å². The first-order chi connectivity index (χ1) is 10.5. The summed E-state index contributed by atoms with van der Waals surface area (Å²) in [7, 11) is 0. The van der Waals surface area contributed by atoms with E-state index in [0.29, 0.717) is 16.1 Å². The smallest absolute Gasteiger partial charge is 0.331 e. The van der Waals surface area contributed by atoms with E-state index in [0.717, 1.165) is 5.56 Å². The Hall–Kier alpha value is -2.34. The summed E-state index contributed by atoms with van der Waals surface area (Å²) in [6.07, 6.45) is 2.66. The van der Waals surface area contributed by atoms with Crippen LogP contribution in [0.4, 0.5) is 5.69 Å². The molecule has 0 saturated carbocycles.